The van der Waals surface area contributed by atoms with Crippen LogP contribution in [-0.4, -0.2) is 30.1 Å². The van der Waals surface area contributed by atoms with Crippen molar-refractivity contribution in [2.75, 3.05) is 7.11 Å². The van der Waals surface area contributed by atoms with Crippen LogP contribution in [0.2, 0.25) is 0 Å². The van der Waals surface area contributed by atoms with E-state index in [0.29, 0.717) is 12.1 Å². The van der Waals surface area contributed by atoms with Crippen LogP contribution in [0.3, 0.4) is 0 Å². The van der Waals surface area contributed by atoms with Gasteiger partial charge in [0.05, 0.1) is 12.7 Å². The molecule has 1 aromatic carbocycles. The van der Waals surface area contributed by atoms with Crippen molar-refractivity contribution in [3.8, 4) is 0 Å². The lowest BCUT2D eigenvalue weighted by Crippen LogP contribution is -2.42. The third-order valence-corrected chi connectivity index (χ3v) is 4.18. The molecule has 20 heavy (non-hydrogen) atoms. The smallest absolute Gasteiger partial charge is 0.340 e. The summed E-state index contributed by atoms with van der Waals surface area (Å²) in [6.07, 6.45) is 3.63. The Kier molecular flexibility index (Phi) is 4.76. The lowest BCUT2D eigenvalue weighted by atomic mass is 9.96. The molecule has 0 bridgehead atoms. The monoisotopic (exact) mass is 279 g/mol. The van der Waals surface area contributed by atoms with Crippen LogP contribution in [-0.2, 0) is 11.3 Å². The Bertz CT molecular complexity index is 479. The van der Waals surface area contributed by atoms with Gasteiger partial charge < -0.3 is 4.74 Å². The molecule has 3 nitrogen and oxygen atoms in total. The highest BCUT2D eigenvalue weighted by atomic mass is 19.1. The number of benzene rings is 1. The number of esters is 1. The van der Waals surface area contributed by atoms with Crippen molar-refractivity contribution in [1.82, 2.24) is 4.90 Å². The summed E-state index contributed by atoms with van der Waals surface area (Å²) in [6.45, 7) is 5.16. The molecule has 4 heteroatoms. The predicted molar refractivity (Wildman–Crippen MR) is 76.1 cm³/mol. The molecule has 0 aliphatic carbocycles. The number of hydrogen-bond acceptors (Lipinski definition) is 3. The minimum Gasteiger partial charge on any atom is -0.465 e. The lowest BCUT2D eigenvalue weighted by molar-refractivity contribution is 0.0595. The number of ether oxygens (including phenoxy) is 1. The van der Waals surface area contributed by atoms with Gasteiger partial charge in [-0.25, -0.2) is 9.18 Å². The van der Waals surface area contributed by atoms with Gasteiger partial charge in [-0.15, -0.1) is 0 Å². The number of methoxy groups -OCH3 is 1. The van der Waals surface area contributed by atoms with E-state index in [0.717, 1.165) is 12.1 Å². The summed E-state index contributed by atoms with van der Waals surface area (Å²) in [4.78, 5) is 13.8. The molecule has 0 N–H and O–H groups in total. The van der Waals surface area contributed by atoms with E-state index in [4.69, 9.17) is 0 Å². The summed E-state index contributed by atoms with van der Waals surface area (Å²) in [5, 5.41) is 0. The van der Waals surface area contributed by atoms with E-state index in [1.165, 1.54) is 38.5 Å². The molecule has 1 saturated heterocycles. The Morgan fingerprint density at radius 3 is 2.55 bits per heavy atom. The zero-order valence-electron chi connectivity index (χ0n) is 12.4. The van der Waals surface area contributed by atoms with Gasteiger partial charge in [0.2, 0.25) is 0 Å². The van der Waals surface area contributed by atoms with Crippen LogP contribution >= 0.6 is 0 Å². The Morgan fingerprint density at radius 1 is 1.35 bits per heavy atom. The average molecular weight is 279 g/mol. The van der Waals surface area contributed by atoms with Crippen molar-refractivity contribution in [3.05, 3.63) is 35.1 Å². The van der Waals surface area contributed by atoms with Crippen LogP contribution < -0.4 is 0 Å². The van der Waals surface area contributed by atoms with E-state index in [9.17, 15) is 9.18 Å². The van der Waals surface area contributed by atoms with E-state index in [2.05, 4.69) is 23.5 Å². The highest BCUT2D eigenvalue weighted by Crippen LogP contribution is 2.25. The fourth-order valence-electron chi connectivity index (χ4n) is 2.93. The molecular formula is C16H22FNO2. The Labute approximate surface area is 119 Å². The van der Waals surface area contributed by atoms with Crippen LogP contribution in [0.5, 0.6) is 0 Å². The maximum absolute atomic E-state index is 13.9. The third kappa shape index (κ3) is 3.18. The Balaban J connectivity index is 2.14. The van der Waals surface area contributed by atoms with E-state index in [1.807, 2.05) is 6.07 Å². The van der Waals surface area contributed by atoms with Crippen molar-refractivity contribution in [3.63, 3.8) is 0 Å². The van der Waals surface area contributed by atoms with Gasteiger partial charge in [0, 0.05) is 18.6 Å². The van der Waals surface area contributed by atoms with Gasteiger partial charge in [-0.3, -0.25) is 4.90 Å². The summed E-state index contributed by atoms with van der Waals surface area (Å²) in [6, 6.07) is 5.80. The van der Waals surface area contributed by atoms with Crippen molar-refractivity contribution in [2.45, 2.75) is 51.7 Å². The van der Waals surface area contributed by atoms with Gasteiger partial charge in [-0.2, -0.15) is 0 Å². The number of rotatable bonds is 3. The molecule has 0 aromatic heterocycles. The van der Waals surface area contributed by atoms with Crippen LogP contribution in [0, 0.1) is 5.82 Å². The molecule has 0 radical (unpaired) electrons. The predicted octanol–water partition coefficient (Wildman–Crippen LogP) is 3.38. The second kappa shape index (κ2) is 6.35. The first kappa shape index (κ1) is 15.0. The van der Waals surface area contributed by atoms with Crippen molar-refractivity contribution in [1.29, 1.82) is 0 Å². The van der Waals surface area contributed by atoms with Crippen molar-refractivity contribution < 1.29 is 13.9 Å². The Morgan fingerprint density at radius 2 is 2.00 bits per heavy atom. The second-order valence-electron chi connectivity index (χ2n) is 5.61. The SMILES string of the molecule is COC(=O)c1ccc(CN2[C@H](C)CCC[C@@H]2C)cc1F. The molecule has 2 atom stereocenters. The molecule has 0 amide bonds. The molecule has 1 aliphatic heterocycles. The van der Waals surface area contributed by atoms with Gasteiger partial charge in [-0.05, 0) is 44.4 Å². The minimum absolute atomic E-state index is 0.00371. The quantitative estimate of drug-likeness (QED) is 0.794. The fraction of sp³-hybridized carbons (Fsp3) is 0.562. The van der Waals surface area contributed by atoms with Crippen LogP contribution in [0.25, 0.3) is 0 Å². The first-order valence-electron chi connectivity index (χ1n) is 7.15. The van der Waals surface area contributed by atoms with E-state index in [-0.39, 0.29) is 5.56 Å². The Hall–Kier alpha value is -1.42. The molecule has 1 heterocycles. The van der Waals surface area contributed by atoms with Gasteiger partial charge in [-0.1, -0.05) is 12.5 Å². The summed E-state index contributed by atoms with van der Waals surface area (Å²) in [7, 11) is 1.26. The first-order chi connectivity index (χ1) is 9.52. The first-order valence-corrected chi connectivity index (χ1v) is 7.15. The zero-order chi connectivity index (χ0) is 14.7. The summed E-state index contributed by atoms with van der Waals surface area (Å²) in [5.74, 6) is -1.14. The highest BCUT2D eigenvalue weighted by Gasteiger charge is 2.25. The van der Waals surface area contributed by atoms with E-state index >= 15 is 0 Å². The normalized spacial score (nSPS) is 23.6. The topological polar surface area (TPSA) is 29.5 Å². The number of halogens is 1. The van der Waals surface area contributed by atoms with Crippen LogP contribution in [0.15, 0.2) is 18.2 Å². The number of piperidine rings is 1. The van der Waals surface area contributed by atoms with E-state index in [1.54, 1.807) is 0 Å². The van der Waals surface area contributed by atoms with Gasteiger partial charge >= 0.3 is 5.97 Å². The number of carbonyl (C=O) groups excluding carboxylic acids is 1. The van der Waals surface area contributed by atoms with Crippen LogP contribution in [0.4, 0.5) is 4.39 Å². The average Bonchev–Trinajstić information content (AvgIpc) is 2.42. The standard InChI is InChI=1S/C16H22FNO2/c1-11-5-4-6-12(2)18(11)10-13-7-8-14(15(17)9-13)16(19)20-3/h7-9,11-12H,4-6,10H2,1-3H3/t11-,12+. The molecule has 1 fully saturated rings. The van der Waals surface area contributed by atoms with Gasteiger partial charge in [0.25, 0.3) is 0 Å². The summed E-state index contributed by atoms with van der Waals surface area (Å²) >= 11 is 0. The van der Waals surface area contributed by atoms with Gasteiger partial charge in [0.15, 0.2) is 0 Å². The third-order valence-electron chi connectivity index (χ3n) is 4.18. The summed E-state index contributed by atoms with van der Waals surface area (Å²) < 4.78 is 18.5. The minimum atomic E-state index is -0.631. The lowest BCUT2D eigenvalue weighted by Gasteiger charge is -2.39. The number of carbonyl (C=O) groups is 1. The van der Waals surface area contributed by atoms with Crippen LogP contribution in [0.1, 0.15) is 49.0 Å². The molecule has 0 spiro atoms. The maximum atomic E-state index is 13.9. The largest absolute Gasteiger partial charge is 0.465 e. The molecule has 2 rings (SSSR count). The fourth-order valence-corrected chi connectivity index (χ4v) is 2.93. The molecule has 1 aliphatic rings. The second-order valence-corrected chi connectivity index (χ2v) is 5.61. The van der Waals surface area contributed by atoms with E-state index < -0.39 is 11.8 Å². The number of hydrogen-bond donors (Lipinski definition) is 0. The highest BCUT2D eigenvalue weighted by molar-refractivity contribution is 5.89. The molecule has 1 aromatic rings. The molecule has 110 valence electrons. The van der Waals surface area contributed by atoms with Crippen molar-refractivity contribution in [2.24, 2.45) is 0 Å². The summed E-state index contributed by atoms with van der Waals surface area (Å²) in [5.41, 5.74) is 0.895. The van der Waals surface area contributed by atoms with Crippen molar-refractivity contribution >= 4 is 5.97 Å². The van der Waals surface area contributed by atoms with Gasteiger partial charge in [0.1, 0.15) is 5.82 Å². The number of likely N-dealkylation sites (tertiary alicyclic amines) is 1. The maximum Gasteiger partial charge on any atom is 0.340 e. The molecular weight excluding hydrogens is 257 g/mol. The number of nitrogens with zero attached hydrogens (tertiary/aromatic N) is 1. The molecule has 0 unspecified atom stereocenters. The zero-order valence-corrected chi connectivity index (χ0v) is 12.4. The molecule has 0 saturated carbocycles.